The van der Waals surface area contributed by atoms with Crippen LogP contribution in [0.5, 0.6) is 0 Å². The van der Waals surface area contributed by atoms with Gasteiger partial charge in [0.1, 0.15) is 10.7 Å². The first-order valence-corrected chi connectivity index (χ1v) is 7.77. The lowest BCUT2D eigenvalue weighted by atomic mass is 10.3. The molecule has 0 unspecified atom stereocenters. The summed E-state index contributed by atoms with van der Waals surface area (Å²) in [7, 11) is 0. The number of aromatic nitrogens is 1. The minimum Gasteiger partial charge on any atom is -0.462 e. The van der Waals surface area contributed by atoms with Gasteiger partial charge in [-0.05, 0) is 36.4 Å². The Morgan fingerprint density at radius 1 is 1.21 bits per heavy atom. The summed E-state index contributed by atoms with van der Waals surface area (Å²) in [5, 5.41) is 5.64. The molecule has 2 N–H and O–H groups in total. The van der Waals surface area contributed by atoms with E-state index in [4.69, 9.17) is 4.42 Å². The number of anilines is 1. The zero-order valence-electron chi connectivity index (χ0n) is 12.3. The molecule has 2 aromatic heterocycles. The number of rotatable bonds is 5. The largest absolute Gasteiger partial charge is 0.462 e. The van der Waals surface area contributed by atoms with Crippen LogP contribution in [0.15, 0.2) is 53.3 Å². The number of hydrogen-bond acceptors (Lipinski definition) is 5. The van der Waals surface area contributed by atoms with E-state index in [1.165, 1.54) is 48.1 Å². The number of nitrogens with one attached hydrogen (secondary N) is 2. The average Bonchev–Trinajstić information content (AvgIpc) is 3.25. The van der Waals surface area contributed by atoms with E-state index in [0.717, 1.165) is 0 Å². The molecule has 0 aliphatic carbocycles. The normalized spacial score (nSPS) is 10.4. The second kappa shape index (κ2) is 7.05. The van der Waals surface area contributed by atoms with E-state index < -0.39 is 11.8 Å². The van der Waals surface area contributed by atoms with E-state index in [2.05, 4.69) is 15.6 Å². The van der Waals surface area contributed by atoms with E-state index in [9.17, 15) is 14.0 Å². The minimum atomic E-state index is -0.411. The smallest absolute Gasteiger partial charge is 0.263 e. The van der Waals surface area contributed by atoms with E-state index in [1.54, 1.807) is 12.1 Å². The fourth-order valence-corrected chi connectivity index (χ4v) is 2.68. The maximum absolute atomic E-state index is 12.8. The summed E-state index contributed by atoms with van der Waals surface area (Å²) >= 11 is 1.17. The molecule has 0 spiro atoms. The van der Waals surface area contributed by atoms with Gasteiger partial charge in [-0.2, -0.15) is 0 Å². The number of thiazole rings is 1. The number of nitrogens with zero attached hydrogens (tertiary/aromatic N) is 1. The molecule has 0 saturated heterocycles. The molecule has 3 rings (SSSR count). The number of carbonyl (C=O) groups excluding carboxylic acids is 2. The summed E-state index contributed by atoms with van der Waals surface area (Å²) < 4.78 is 18.0. The lowest BCUT2D eigenvalue weighted by Crippen LogP contribution is -2.32. The third-order valence-electron chi connectivity index (χ3n) is 3.00. The first-order valence-electron chi connectivity index (χ1n) is 6.95. The van der Waals surface area contributed by atoms with Crippen LogP contribution in [0.25, 0.3) is 10.8 Å². The average molecular weight is 345 g/mol. The number of benzene rings is 1. The molecule has 0 fully saturated rings. The highest BCUT2D eigenvalue weighted by molar-refractivity contribution is 7.16. The molecule has 0 radical (unpaired) electrons. The standard InChI is InChI=1S/C16H12FN3O3S/c17-10-3-5-11(6-4-10)20-14(21)9-18-15(22)13-8-19-16(24-13)12-2-1-7-23-12/h1-8H,9H2,(H,18,22)(H,20,21). The molecule has 0 saturated carbocycles. The highest BCUT2D eigenvalue weighted by Crippen LogP contribution is 2.25. The Labute approximate surface area is 140 Å². The Morgan fingerprint density at radius 3 is 2.71 bits per heavy atom. The molecule has 6 nitrogen and oxygen atoms in total. The Kier molecular flexibility index (Phi) is 4.66. The van der Waals surface area contributed by atoms with Gasteiger partial charge in [0.15, 0.2) is 10.8 Å². The third-order valence-corrected chi connectivity index (χ3v) is 4.01. The van der Waals surface area contributed by atoms with Gasteiger partial charge in [0.25, 0.3) is 5.91 Å². The van der Waals surface area contributed by atoms with Crippen molar-refractivity contribution in [1.29, 1.82) is 0 Å². The van der Waals surface area contributed by atoms with Crippen molar-refractivity contribution < 1.29 is 18.4 Å². The number of hydrogen-bond donors (Lipinski definition) is 2. The van der Waals surface area contributed by atoms with Crippen LogP contribution in [0.2, 0.25) is 0 Å². The number of amides is 2. The molecule has 0 atom stereocenters. The second-order valence-electron chi connectivity index (χ2n) is 4.74. The van der Waals surface area contributed by atoms with Crippen LogP contribution in [-0.4, -0.2) is 23.3 Å². The van der Waals surface area contributed by atoms with Gasteiger partial charge in [-0.15, -0.1) is 11.3 Å². The highest BCUT2D eigenvalue weighted by atomic mass is 32.1. The van der Waals surface area contributed by atoms with Crippen LogP contribution >= 0.6 is 11.3 Å². The van der Waals surface area contributed by atoms with Gasteiger partial charge in [0.2, 0.25) is 5.91 Å². The summed E-state index contributed by atoms with van der Waals surface area (Å²) in [5.74, 6) is -0.628. The topological polar surface area (TPSA) is 84.2 Å². The van der Waals surface area contributed by atoms with Crippen molar-refractivity contribution in [1.82, 2.24) is 10.3 Å². The lowest BCUT2D eigenvalue weighted by molar-refractivity contribution is -0.115. The molecule has 24 heavy (non-hydrogen) atoms. The Balaban J connectivity index is 1.53. The van der Waals surface area contributed by atoms with E-state index in [0.29, 0.717) is 21.3 Å². The van der Waals surface area contributed by atoms with E-state index >= 15 is 0 Å². The van der Waals surface area contributed by atoms with Gasteiger partial charge in [0, 0.05) is 5.69 Å². The minimum absolute atomic E-state index is 0.204. The molecule has 8 heteroatoms. The molecule has 0 aliphatic heterocycles. The van der Waals surface area contributed by atoms with Crippen LogP contribution in [0, 0.1) is 5.82 Å². The predicted molar refractivity (Wildman–Crippen MR) is 87.2 cm³/mol. The summed E-state index contributed by atoms with van der Waals surface area (Å²) in [6.45, 7) is -0.204. The molecule has 2 heterocycles. The zero-order valence-corrected chi connectivity index (χ0v) is 13.1. The van der Waals surface area contributed by atoms with Crippen molar-refractivity contribution >= 4 is 28.8 Å². The first kappa shape index (κ1) is 15.9. The summed E-state index contributed by atoms with van der Waals surface area (Å²) in [6.07, 6.45) is 2.95. The first-order chi connectivity index (χ1) is 11.6. The highest BCUT2D eigenvalue weighted by Gasteiger charge is 2.14. The van der Waals surface area contributed by atoms with Crippen molar-refractivity contribution in [3.8, 4) is 10.8 Å². The number of furan rings is 1. The maximum atomic E-state index is 12.8. The molecule has 0 bridgehead atoms. The molecule has 3 aromatic rings. The van der Waals surface area contributed by atoms with Gasteiger partial charge in [0.05, 0.1) is 19.0 Å². The van der Waals surface area contributed by atoms with Crippen molar-refractivity contribution in [3.05, 3.63) is 59.6 Å². The van der Waals surface area contributed by atoms with Crippen molar-refractivity contribution in [2.24, 2.45) is 0 Å². The van der Waals surface area contributed by atoms with Crippen molar-refractivity contribution in [2.75, 3.05) is 11.9 Å². The summed E-state index contributed by atoms with van der Waals surface area (Å²) in [5.41, 5.74) is 0.452. The lowest BCUT2D eigenvalue weighted by Gasteiger charge is -2.06. The molecular formula is C16H12FN3O3S. The second-order valence-corrected chi connectivity index (χ2v) is 5.78. The zero-order chi connectivity index (χ0) is 16.9. The Hall–Kier alpha value is -3.00. The summed E-state index contributed by atoms with van der Waals surface area (Å²) in [6, 6.07) is 8.83. The van der Waals surface area contributed by atoms with Crippen LogP contribution in [0.1, 0.15) is 9.67 Å². The van der Waals surface area contributed by atoms with Crippen LogP contribution in [-0.2, 0) is 4.79 Å². The van der Waals surface area contributed by atoms with E-state index in [-0.39, 0.29) is 12.4 Å². The monoisotopic (exact) mass is 345 g/mol. The van der Waals surface area contributed by atoms with Crippen LogP contribution < -0.4 is 10.6 Å². The summed E-state index contributed by atoms with van der Waals surface area (Å²) in [4.78, 5) is 28.3. The SMILES string of the molecule is O=C(CNC(=O)c1cnc(-c2ccco2)s1)Nc1ccc(F)cc1. The fraction of sp³-hybridized carbons (Fsp3) is 0.0625. The van der Waals surface area contributed by atoms with Gasteiger partial charge >= 0.3 is 0 Å². The number of halogens is 1. The van der Waals surface area contributed by atoms with Gasteiger partial charge in [-0.1, -0.05) is 0 Å². The van der Waals surface area contributed by atoms with Crippen molar-refractivity contribution in [3.63, 3.8) is 0 Å². The van der Waals surface area contributed by atoms with Gasteiger partial charge in [-0.3, -0.25) is 9.59 Å². The molecule has 1 aromatic carbocycles. The van der Waals surface area contributed by atoms with Crippen LogP contribution in [0.4, 0.5) is 10.1 Å². The quantitative estimate of drug-likeness (QED) is 0.745. The molecular weight excluding hydrogens is 333 g/mol. The predicted octanol–water partition coefficient (Wildman–Crippen LogP) is 2.91. The van der Waals surface area contributed by atoms with Crippen molar-refractivity contribution in [2.45, 2.75) is 0 Å². The number of carbonyl (C=O) groups is 2. The van der Waals surface area contributed by atoms with E-state index in [1.807, 2.05) is 0 Å². The maximum Gasteiger partial charge on any atom is 0.263 e. The molecule has 0 aliphatic rings. The Morgan fingerprint density at radius 2 is 2.00 bits per heavy atom. The van der Waals surface area contributed by atoms with Gasteiger partial charge < -0.3 is 15.1 Å². The molecule has 122 valence electrons. The Bertz CT molecular complexity index is 844. The van der Waals surface area contributed by atoms with Crippen LogP contribution in [0.3, 0.4) is 0 Å². The molecule has 2 amide bonds. The third kappa shape index (κ3) is 3.85. The fourth-order valence-electron chi connectivity index (χ4n) is 1.88. The van der Waals surface area contributed by atoms with Gasteiger partial charge in [-0.25, -0.2) is 9.37 Å².